The summed E-state index contributed by atoms with van der Waals surface area (Å²) in [6.45, 7) is 5.91. The lowest BCUT2D eigenvalue weighted by atomic mass is 9.79. The zero-order valence-electron chi connectivity index (χ0n) is 17.0. The van der Waals surface area contributed by atoms with Gasteiger partial charge in [-0.2, -0.15) is 0 Å². The van der Waals surface area contributed by atoms with Gasteiger partial charge in [0.1, 0.15) is 5.54 Å². The number of aliphatic hydroxyl groups excluding tert-OH is 1. The summed E-state index contributed by atoms with van der Waals surface area (Å²) < 4.78 is 0. The van der Waals surface area contributed by atoms with Crippen molar-refractivity contribution in [3.05, 3.63) is 34.9 Å². The fraction of sp³-hybridized carbons (Fsp3) is 0.591. The van der Waals surface area contributed by atoms with E-state index in [4.69, 9.17) is 23.8 Å². The van der Waals surface area contributed by atoms with Crippen LogP contribution in [0.3, 0.4) is 0 Å². The molecule has 4 nitrogen and oxygen atoms in total. The molecular weight excluding hydrogens is 394 g/mol. The molecule has 154 valence electrons. The van der Waals surface area contributed by atoms with Crippen LogP contribution in [0.2, 0.25) is 5.02 Å². The van der Waals surface area contributed by atoms with Crippen molar-refractivity contribution in [1.82, 2.24) is 4.90 Å². The van der Waals surface area contributed by atoms with Gasteiger partial charge in [0.05, 0.1) is 0 Å². The normalized spacial score (nSPS) is 20.1. The highest BCUT2D eigenvalue weighted by Crippen LogP contribution is 2.36. The molecule has 1 fully saturated rings. The summed E-state index contributed by atoms with van der Waals surface area (Å²) in [5, 5.41) is 11.0. The molecule has 6 heteroatoms. The summed E-state index contributed by atoms with van der Waals surface area (Å²) in [6.07, 6.45) is 4.77. The van der Waals surface area contributed by atoms with Crippen molar-refractivity contribution in [3.8, 4) is 0 Å². The Hall–Kier alpha value is -1.46. The zero-order valence-corrected chi connectivity index (χ0v) is 18.5. The van der Waals surface area contributed by atoms with Crippen molar-refractivity contribution >= 4 is 40.6 Å². The third-order valence-electron chi connectivity index (χ3n) is 6.07. The number of aliphatic hydroxyl groups is 1. The van der Waals surface area contributed by atoms with Crippen LogP contribution in [0.4, 0.5) is 0 Å². The molecule has 1 heterocycles. The maximum Gasteiger partial charge on any atom is 0.291 e. The Balaban J connectivity index is 2.23. The Morgan fingerprint density at radius 3 is 2.57 bits per heavy atom. The summed E-state index contributed by atoms with van der Waals surface area (Å²) in [7, 11) is 0. The molecule has 1 atom stereocenters. The van der Waals surface area contributed by atoms with E-state index in [0.717, 1.165) is 24.8 Å². The number of amides is 1. The number of halogens is 1. The van der Waals surface area contributed by atoms with E-state index in [1.165, 1.54) is 0 Å². The topological polar surface area (TPSA) is 57.6 Å². The van der Waals surface area contributed by atoms with Crippen LogP contribution in [0.5, 0.6) is 0 Å². The number of hydrogen-bond donors (Lipinski definition) is 1. The van der Waals surface area contributed by atoms with Crippen molar-refractivity contribution in [1.29, 1.82) is 0 Å². The molecule has 0 spiro atoms. The first-order valence-electron chi connectivity index (χ1n) is 9.99. The number of likely N-dealkylation sites (tertiary alicyclic amines) is 1. The molecule has 1 amide bonds. The SMILES string of the molecule is CCC(C)(C)C(=O)C(=O)N1CCCCC1(CCCc1ccccc1Cl)C(O)=S. The van der Waals surface area contributed by atoms with Gasteiger partial charge in [0.15, 0.2) is 5.05 Å². The molecule has 1 unspecified atom stereocenters. The fourth-order valence-electron chi connectivity index (χ4n) is 3.77. The van der Waals surface area contributed by atoms with Crippen LogP contribution in [-0.4, -0.2) is 38.8 Å². The molecule has 1 aromatic rings. The summed E-state index contributed by atoms with van der Waals surface area (Å²) in [6, 6.07) is 7.66. The third kappa shape index (κ3) is 4.74. The third-order valence-corrected chi connectivity index (χ3v) is 6.82. The molecule has 1 aliphatic rings. The molecule has 1 aliphatic heterocycles. The van der Waals surface area contributed by atoms with Gasteiger partial charge in [0, 0.05) is 17.0 Å². The molecule has 1 aromatic carbocycles. The van der Waals surface area contributed by atoms with Crippen molar-refractivity contribution < 1.29 is 14.7 Å². The van der Waals surface area contributed by atoms with Gasteiger partial charge in [-0.1, -0.05) is 50.6 Å². The van der Waals surface area contributed by atoms with Gasteiger partial charge in [-0.25, -0.2) is 0 Å². The Labute approximate surface area is 178 Å². The first-order valence-corrected chi connectivity index (χ1v) is 10.8. The Kier molecular flexibility index (Phi) is 7.63. The number of hydrogen-bond acceptors (Lipinski definition) is 3. The molecule has 0 bridgehead atoms. The van der Waals surface area contributed by atoms with E-state index in [1.807, 2.05) is 31.2 Å². The van der Waals surface area contributed by atoms with E-state index in [1.54, 1.807) is 18.7 Å². The average Bonchev–Trinajstić information content (AvgIpc) is 2.68. The van der Waals surface area contributed by atoms with Crippen LogP contribution in [0.25, 0.3) is 0 Å². The molecule has 0 aromatic heterocycles. The highest BCUT2D eigenvalue weighted by Gasteiger charge is 2.48. The highest BCUT2D eigenvalue weighted by atomic mass is 35.5. The van der Waals surface area contributed by atoms with Gasteiger partial charge in [-0.3, -0.25) is 9.59 Å². The van der Waals surface area contributed by atoms with Gasteiger partial charge >= 0.3 is 0 Å². The number of carbonyl (C=O) groups is 2. The van der Waals surface area contributed by atoms with Gasteiger partial charge < -0.3 is 10.0 Å². The average molecular weight is 424 g/mol. The zero-order chi connectivity index (χ0) is 20.9. The number of Topliss-reactive ketones (excluding diaryl/α,β-unsaturated/α-hetero) is 1. The molecule has 28 heavy (non-hydrogen) atoms. The van der Waals surface area contributed by atoms with Gasteiger partial charge in [-0.15, -0.1) is 0 Å². The van der Waals surface area contributed by atoms with Crippen LogP contribution >= 0.6 is 23.8 Å². The summed E-state index contributed by atoms with van der Waals surface area (Å²) in [5.74, 6) is -0.940. The maximum atomic E-state index is 13.1. The van der Waals surface area contributed by atoms with Crippen molar-refractivity contribution in [2.75, 3.05) is 6.54 Å². The molecule has 0 radical (unpaired) electrons. The number of nitrogens with zero attached hydrogens (tertiary/aromatic N) is 1. The maximum absolute atomic E-state index is 13.1. The molecule has 1 saturated heterocycles. The second kappa shape index (κ2) is 9.36. The minimum atomic E-state index is -0.953. The lowest BCUT2D eigenvalue weighted by Crippen LogP contribution is -2.61. The lowest BCUT2D eigenvalue weighted by molar-refractivity contribution is -0.153. The van der Waals surface area contributed by atoms with Crippen LogP contribution in [0.1, 0.15) is 64.9 Å². The quantitative estimate of drug-likeness (QED) is 0.455. The number of rotatable bonds is 8. The monoisotopic (exact) mass is 423 g/mol. The largest absolute Gasteiger partial charge is 0.500 e. The Morgan fingerprint density at radius 1 is 1.29 bits per heavy atom. The van der Waals surface area contributed by atoms with Gasteiger partial charge in [0.2, 0.25) is 5.78 Å². The molecule has 1 N–H and O–H groups in total. The van der Waals surface area contributed by atoms with E-state index in [0.29, 0.717) is 37.3 Å². The van der Waals surface area contributed by atoms with Gasteiger partial charge in [-0.05, 0) is 68.8 Å². The Morgan fingerprint density at radius 2 is 1.96 bits per heavy atom. The van der Waals surface area contributed by atoms with Crippen molar-refractivity contribution in [2.24, 2.45) is 5.41 Å². The van der Waals surface area contributed by atoms with Gasteiger partial charge in [0.25, 0.3) is 5.91 Å². The summed E-state index contributed by atoms with van der Waals surface area (Å²) in [5.41, 5.74) is -0.652. The lowest BCUT2D eigenvalue weighted by Gasteiger charge is -2.46. The Bertz CT molecular complexity index is 749. The van der Waals surface area contributed by atoms with E-state index in [-0.39, 0.29) is 5.05 Å². The number of thiocarbonyl (C=S) groups is 1. The van der Waals surface area contributed by atoms with E-state index in [2.05, 4.69) is 0 Å². The first kappa shape index (κ1) is 22.8. The standard InChI is InChI=1S/C22H30ClNO3S/c1-4-21(2,3)18(25)19(26)24-15-8-7-13-22(24,20(27)28)14-9-11-16-10-5-6-12-17(16)23/h5-6,10,12H,4,7-9,11,13-15H2,1-3H3,(H,27,28). The van der Waals surface area contributed by atoms with Crippen LogP contribution in [0, 0.1) is 5.41 Å². The fourth-order valence-corrected chi connectivity index (χ4v) is 4.31. The molecule has 0 saturated carbocycles. The van der Waals surface area contributed by atoms with Crippen LogP contribution in [0.15, 0.2) is 24.3 Å². The smallest absolute Gasteiger partial charge is 0.291 e. The summed E-state index contributed by atoms with van der Waals surface area (Å²) >= 11 is 11.5. The number of carbonyl (C=O) groups excluding carboxylic acids is 2. The van der Waals surface area contributed by atoms with Crippen LogP contribution in [-0.2, 0) is 16.0 Å². The second-order valence-electron chi connectivity index (χ2n) is 8.26. The van der Waals surface area contributed by atoms with E-state index >= 15 is 0 Å². The minimum absolute atomic E-state index is 0.193. The predicted octanol–water partition coefficient (Wildman–Crippen LogP) is 5.30. The molecule has 2 rings (SSSR count). The number of ketones is 1. The van der Waals surface area contributed by atoms with Crippen molar-refractivity contribution in [3.63, 3.8) is 0 Å². The van der Waals surface area contributed by atoms with Crippen molar-refractivity contribution in [2.45, 2.75) is 71.3 Å². The summed E-state index contributed by atoms with van der Waals surface area (Å²) in [4.78, 5) is 27.5. The predicted molar refractivity (Wildman–Crippen MR) is 117 cm³/mol. The minimum Gasteiger partial charge on any atom is -0.500 e. The molecule has 0 aliphatic carbocycles. The number of piperidine rings is 1. The number of aryl methyl sites for hydroxylation is 1. The van der Waals surface area contributed by atoms with E-state index < -0.39 is 22.6 Å². The molecular formula is C22H30ClNO3S. The van der Waals surface area contributed by atoms with Crippen LogP contribution < -0.4 is 0 Å². The first-order chi connectivity index (χ1) is 13.2. The number of benzene rings is 1. The van der Waals surface area contributed by atoms with E-state index in [9.17, 15) is 14.7 Å². The highest BCUT2D eigenvalue weighted by molar-refractivity contribution is 7.80. The second-order valence-corrected chi connectivity index (χ2v) is 9.06.